The van der Waals surface area contributed by atoms with E-state index in [1.165, 1.54) is 19.1 Å². The lowest BCUT2D eigenvalue weighted by Crippen LogP contribution is -2.42. The van der Waals surface area contributed by atoms with Crippen LogP contribution >= 0.6 is 0 Å². The third-order valence-corrected chi connectivity index (χ3v) is 5.42. The summed E-state index contributed by atoms with van der Waals surface area (Å²) in [6, 6.07) is 7.46. The number of ether oxygens (including phenoxy) is 1. The molecule has 0 fully saturated rings. The number of rotatable bonds is 7. The molecule has 1 aliphatic rings. The quantitative estimate of drug-likeness (QED) is 0.348. The molecule has 0 saturated heterocycles. The van der Waals surface area contributed by atoms with Gasteiger partial charge in [0.1, 0.15) is 11.8 Å². The maximum Gasteiger partial charge on any atom is 0.302 e. The Morgan fingerprint density at radius 2 is 1.83 bits per heavy atom. The average molecular weight is 505 g/mol. The fourth-order valence-electron chi connectivity index (χ4n) is 3.64. The van der Waals surface area contributed by atoms with Crippen molar-refractivity contribution in [1.29, 1.82) is 0 Å². The zero-order valence-corrected chi connectivity index (χ0v) is 22.6. The topological polar surface area (TPSA) is 114 Å². The molecule has 0 aliphatic carbocycles. The molecule has 1 unspecified atom stereocenters. The number of nitrogens with zero attached hydrogens (tertiary/aromatic N) is 4. The molecular formula is C26H40N4O6. The number of aldehydes is 1. The van der Waals surface area contributed by atoms with Crippen LogP contribution in [0, 0.1) is 6.92 Å². The monoisotopic (exact) mass is 504 g/mol. The highest BCUT2D eigenvalue weighted by Crippen LogP contribution is 2.27. The molecule has 0 bridgehead atoms. The Kier molecular flexibility index (Phi) is 13.0. The normalized spacial score (nSPS) is 15.1. The number of aliphatic hydroxyl groups is 1. The first kappa shape index (κ1) is 31.0. The van der Waals surface area contributed by atoms with E-state index in [1.807, 2.05) is 52.0 Å². The van der Waals surface area contributed by atoms with Crippen molar-refractivity contribution in [3.05, 3.63) is 52.3 Å². The molecule has 10 nitrogen and oxygen atoms in total. The summed E-state index contributed by atoms with van der Waals surface area (Å²) in [6.45, 7) is 9.70. The number of aliphatic hydroxyl groups excluding tert-OH is 1. The molecule has 1 aromatic heterocycles. The number of aromatic nitrogens is 2. The summed E-state index contributed by atoms with van der Waals surface area (Å²) in [4.78, 5) is 41.8. The van der Waals surface area contributed by atoms with E-state index < -0.39 is 6.10 Å². The predicted octanol–water partition coefficient (Wildman–Crippen LogP) is 2.65. The fourth-order valence-corrected chi connectivity index (χ4v) is 3.64. The van der Waals surface area contributed by atoms with E-state index in [0.29, 0.717) is 24.2 Å². The van der Waals surface area contributed by atoms with Crippen molar-refractivity contribution in [3.8, 4) is 0 Å². The van der Waals surface area contributed by atoms with Gasteiger partial charge in [-0.3, -0.25) is 23.9 Å². The molecule has 1 N–H and O–H groups in total. The van der Waals surface area contributed by atoms with E-state index in [2.05, 4.69) is 9.84 Å². The van der Waals surface area contributed by atoms with Crippen molar-refractivity contribution in [2.75, 3.05) is 27.8 Å². The highest BCUT2D eigenvalue weighted by Gasteiger charge is 2.32. The number of benzene rings is 1. The van der Waals surface area contributed by atoms with E-state index in [-0.39, 0.29) is 31.1 Å². The molecule has 3 rings (SSSR count). The number of fused-ring (bicyclic) bond motifs is 1. The number of carbonyl (C=O) groups excluding carboxylic acids is 3. The van der Waals surface area contributed by atoms with Crippen LogP contribution in [0.4, 0.5) is 0 Å². The lowest BCUT2D eigenvalue weighted by Gasteiger charge is -2.33. The number of hydroxylamine groups is 2. The summed E-state index contributed by atoms with van der Waals surface area (Å²) < 4.78 is 5.69. The van der Waals surface area contributed by atoms with Gasteiger partial charge in [-0.15, -0.1) is 0 Å². The highest BCUT2D eigenvalue weighted by molar-refractivity contribution is 5.94. The molecule has 10 heteroatoms. The lowest BCUT2D eigenvalue weighted by molar-refractivity contribution is -0.180. The van der Waals surface area contributed by atoms with Crippen LogP contribution < -0.4 is 0 Å². The van der Waals surface area contributed by atoms with Crippen LogP contribution in [-0.4, -0.2) is 83.0 Å². The third-order valence-electron chi connectivity index (χ3n) is 5.42. The Morgan fingerprint density at radius 3 is 2.31 bits per heavy atom. The van der Waals surface area contributed by atoms with Crippen molar-refractivity contribution in [2.45, 2.75) is 66.3 Å². The van der Waals surface area contributed by atoms with Crippen molar-refractivity contribution in [3.63, 3.8) is 0 Å². The number of esters is 1. The van der Waals surface area contributed by atoms with Crippen LogP contribution in [0.1, 0.15) is 65.4 Å². The minimum atomic E-state index is -0.521. The zero-order chi connectivity index (χ0) is 27.4. The van der Waals surface area contributed by atoms with Crippen molar-refractivity contribution < 1.29 is 29.1 Å². The standard InChI is InChI=1S/C21H28N4O4.C3H6O2.C2H6/c1-14-5-7-16(8-6-14)21(28)24-11-18-19(9-15(24)2)22-25(20(18)13-27)10-17(12-26)29-23(3)4;1-3(4)5-2;1-2/h5-8,13,15,17,26H,9-12H2,1-4H3;1-2H3;1-2H3/t15-,17?;;/m1../s1. The number of methoxy groups -OCH3 is 1. The Hall–Kier alpha value is -3.08. The highest BCUT2D eigenvalue weighted by atomic mass is 16.7. The van der Waals surface area contributed by atoms with E-state index >= 15 is 0 Å². The molecule has 200 valence electrons. The molecule has 2 aromatic rings. The number of amides is 1. The van der Waals surface area contributed by atoms with Gasteiger partial charge in [0.2, 0.25) is 0 Å². The summed E-state index contributed by atoms with van der Waals surface area (Å²) in [7, 11) is 4.81. The molecule has 0 radical (unpaired) electrons. The van der Waals surface area contributed by atoms with Crippen LogP contribution in [0.25, 0.3) is 0 Å². The summed E-state index contributed by atoms with van der Waals surface area (Å²) in [5.41, 5.74) is 3.73. The van der Waals surface area contributed by atoms with Gasteiger partial charge in [-0.05, 0) is 26.0 Å². The van der Waals surface area contributed by atoms with E-state index in [4.69, 9.17) is 4.84 Å². The van der Waals surface area contributed by atoms with Gasteiger partial charge in [0.05, 0.1) is 32.5 Å². The van der Waals surface area contributed by atoms with Gasteiger partial charge in [0.15, 0.2) is 6.29 Å². The van der Waals surface area contributed by atoms with Crippen molar-refractivity contribution in [2.24, 2.45) is 0 Å². The number of aryl methyl sites for hydroxylation is 1. The second-order valence-electron chi connectivity index (χ2n) is 8.38. The lowest BCUT2D eigenvalue weighted by atomic mass is 9.98. The van der Waals surface area contributed by atoms with E-state index in [0.717, 1.165) is 23.1 Å². The van der Waals surface area contributed by atoms with Crippen molar-refractivity contribution >= 4 is 18.2 Å². The maximum atomic E-state index is 13.0. The second kappa shape index (κ2) is 15.1. The smallest absolute Gasteiger partial charge is 0.302 e. The molecule has 0 saturated carbocycles. The SMILES string of the molecule is CC.COC(C)=O.Cc1ccc(C(=O)N2Cc3c(nn(CC(CO)ON(C)C)c3C=O)C[C@H]2C)cc1. The van der Waals surface area contributed by atoms with Gasteiger partial charge in [-0.2, -0.15) is 10.2 Å². The van der Waals surface area contributed by atoms with Gasteiger partial charge < -0.3 is 14.7 Å². The summed E-state index contributed by atoms with van der Waals surface area (Å²) >= 11 is 0. The van der Waals surface area contributed by atoms with Crippen LogP contribution in [0.2, 0.25) is 0 Å². The molecular weight excluding hydrogens is 464 g/mol. The first-order valence-corrected chi connectivity index (χ1v) is 12.0. The van der Waals surface area contributed by atoms with Crippen molar-refractivity contribution in [1.82, 2.24) is 19.7 Å². The van der Waals surface area contributed by atoms with Crippen LogP contribution in [-0.2, 0) is 33.9 Å². The molecule has 1 aromatic carbocycles. The van der Waals surface area contributed by atoms with E-state index in [1.54, 1.807) is 23.7 Å². The van der Waals surface area contributed by atoms with Gasteiger partial charge in [0, 0.05) is 44.6 Å². The zero-order valence-electron chi connectivity index (χ0n) is 22.6. The largest absolute Gasteiger partial charge is 0.469 e. The summed E-state index contributed by atoms with van der Waals surface area (Å²) in [5, 5.41) is 15.7. The minimum absolute atomic E-state index is 0.0363. The predicted molar refractivity (Wildman–Crippen MR) is 137 cm³/mol. The van der Waals surface area contributed by atoms with Crippen LogP contribution in [0.5, 0.6) is 0 Å². The number of carbonyl (C=O) groups is 3. The van der Waals surface area contributed by atoms with Gasteiger partial charge in [0.25, 0.3) is 5.91 Å². The van der Waals surface area contributed by atoms with Gasteiger partial charge in [-0.25, -0.2) is 0 Å². The first-order valence-electron chi connectivity index (χ1n) is 12.0. The average Bonchev–Trinajstić information content (AvgIpc) is 3.19. The van der Waals surface area contributed by atoms with Crippen LogP contribution in [0.15, 0.2) is 24.3 Å². The molecule has 36 heavy (non-hydrogen) atoms. The third kappa shape index (κ3) is 8.54. The summed E-state index contributed by atoms with van der Waals surface area (Å²) in [5.74, 6) is -0.304. The van der Waals surface area contributed by atoms with Gasteiger partial charge >= 0.3 is 5.97 Å². The minimum Gasteiger partial charge on any atom is -0.469 e. The first-order chi connectivity index (χ1) is 17.1. The molecule has 2 atom stereocenters. The fraction of sp³-hybridized carbons (Fsp3) is 0.538. The Morgan fingerprint density at radius 1 is 1.25 bits per heavy atom. The maximum absolute atomic E-state index is 13.0. The number of hydrogen-bond acceptors (Lipinski definition) is 8. The molecule has 1 amide bonds. The second-order valence-corrected chi connectivity index (χ2v) is 8.38. The summed E-state index contributed by atoms with van der Waals surface area (Å²) in [6.07, 6.45) is 0.812. The van der Waals surface area contributed by atoms with Crippen LogP contribution in [0.3, 0.4) is 0 Å². The number of hydrogen-bond donors (Lipinski definition) is 1. The molecule has 1 aliphatic heterocycles. The van der Waals surface area contributed by atoms with Gasteiger partial charge in [-0.1, -0.05) is 31.5 Å². The Bertz CT molecular complexity index is 987. The Labute approximate surface area is 213 Å². The Balaban J connectivity index is 0.000000826. The van der Waals surface area contributed by atoms with E-state index in [9.17, 15) is 19.5 Å². The molecule has 2 heterocycles. The molecule has 0 spiro atoms.